The van der Waals surface area contributed by atoms with Gasteiger partial charge in [-0.05, 0) is 55.7 Å². The Bertz CT molecular complexity index is 784. The molecular formula is C21H34FN3O4S. The third-order valence-corrected chi connectivity index (χ3v) is 7.69. The summed E-state index contributed by atoms with van der Waals surface area (Å²) in [7, 11) is 1.15. The molecule has 1 heterocycles. The molecule has 1 aromatic carbocycles. The van der Waals surface area contributed by atoms with Crippen LogP contribution in [-0.4, -0.2) is 71.4 Å². The van der Waals surface area contributed by atoms with Gasteiger partial charge in [-0.3, -0.25) is 0 Å². The van der Waals surface area contributed by atoms with Gasteiger partial charge in [0.1, 0.15) is 5.82 Å². The van der Waals surface area contributed by atoms with E-state index in [2.05, 4.69) is 10.0 Å². The molecule has 0 unspecified atom stereocenters. The van der Waals surface area contributed by atoms with Crippen LogP contribution in [0.4, 0.5) is 4.39 Å². The third-order valence-electron chi connectivity index (χ3n) is 6.13. The molecule has 2 fully saturated rings. The number of hydrogen-bond donors (Lipinski definition) is 2. The van der Waals surface area contributed by atoms with Gasteiger partial charge in [-0.1, -0.05) is 12.1 Å². The lowest BCUT2D eigenvalue weighted by Crippen LogP contribution is -2.49. The van der Waals surface area contributed by atoms with E-state index in [4.69, 9.17) is 9.47 Å². The van der Waals surface area contributed by atoms with Gasteiger partial charge in [0.2, 0.25) is 0 Å². The van der Waals surface area contributed by atoms with E-state index in [9.17, 15) is 12.8 Å². The third kappa shape index (κ3) is 6.21. The highest BCUT2D eigenvalue weighted by molar-refractivity contribution is 7.87. The van der Waals surface area contributed by atoms with Crippen LogP contribution in [0.3, 0.4) is 0 Å². The lowest BCUT2D eigenvalue weighted by Gasteiger charge is -2.30. The largest absolute Gasteiger partial charge is 0.383 e. The number of rotatable bonds is 9. The molecule has 3 atom stereocenters. The van der Waals surface area contributed by atoms with Gasteiger partial charge in [0.15, 0.2) is 0 Å². The van der Waals surface area contributed by atoms with E-state index in [1.807, 2.05) is 6.07 Å². The Hall–Kier alpha value is -1.10. The number of nitrogens with one attached hydrogen (secondary N) is 2. The van der Waals surface area contributed by atoms with Crippen LogP contribution in [-0.2, 0) is 19.7 Å². The Morgan fingerprint density at radius 2 is 1.93 bits per heavy atom. The second kappa shape index (κ2) is 10.5. The zero-order chi connectivity index (χ0) is 21.7. The maximum absolute atomic E-state index is 13.5. The van der Waals surface area contributed by atoms with E-state index in [-0.39, 0.29) is 30.0 Å². The first-order valence-corrected chi connectivity index (χ1v) is 12.0. The Morgan fingerprint density at radius 3 is 2.57 bits per heavy atom. The molecule has 1 aliphatic heterocycles. The standard InChI is InChI=1S/C21H34FN3O4S/c1-25(2)30(26,27)24-20-12-18(13-28-3)23-21(20)14-29-19-9-7-15(8-10-19)16-5-4-6-17(22)11-16/h4-6,11,15,18-21,23-24H,7-10,12-14H2,1-3H3/t15?,18-,19?,20-,21-/m0/s1. The number of halogens is 1. The van der Waals surface area contributed by atoms with Crippen molar-refractivity contribution in [3.05, 3.63) is 35.6 Å². The minimum Gasteiger partial charge on any atom is -0.383 e. The van der Waals surface area contributed by atoms with Gasteiger partial charge in [-0.25, -0.2) is 4.39 Å². The minimum absolute atomic E-state index is 0.0853. The first-order valence-electron chi connectivity index (χ1n) is 10.6. The summed E-state index contributed by atoms with van der Waals surface area (Å²) < 4.78 is 53.4. The van der Waals surface area contributed by atoms with E-state index in [1.54, 1.807) is 19.2 Å². The summed E-state index contributed by atoms with van der Waals surface area (Å²) >= 11 is 0. The highest BCUT2D eigenvalue weighted by Crippen LogP contribution is 2.34. The number of benzene rings is 1. The van der Waals surface area contributed by atoms with Crippen LogP contribution in [0.15, 0.2) is 24.3 Å². The average Bonchev–Trinajstić information content (AvgIpc) is 3.07. The van der Waals surface area contributed by atoms with Crippen molar-refractivity contribution in [2.24, 2.45) is 0 Å². The lowest BCUT2D eigenvalue weighted by molar-refractivity contribution is 0.0116. The van der Waals surface area contributed by atoms with Crippen LogP contribution in [0, 0.1) is 5.82 Å². The monoisotopic (exact) mass is 443 g/mol. The summed E-state index contributed by atoms with van der Waals surface area (Å²) in [5, 5.41) is 3.45. The molecule has 0 amide bonds. The first kappa shape index (κ1) is 23.6. The van der Waals surface area contributed by atoms with Gasteiger partial charge in [0, 0.05) is 39.3 Å². The summed E-state index contributed by atoms with van der Waals surface area (Å²) in [5.74, 6) is 0.186. The topological polar surface area (TPSA) is 79.9 Å². The Labute approximate surface area is 179 Å². The minimum atomic E-state index is -3.52. The molecule has 0 spiro atoms. The molecule has 30 heavy (non-hydrogen) atoms. The molecule has 1 aliphatic carbocycles. The summed E-state index contributed by atoms with van der Waals surface area (Å²) in [6.45, 7) is 0.964. The van der Waals surface area contributed by atoms with Gasteiger partial charge in [-0.2, -0.15) is 17.4 Å². The van der Waals surface area contributed by atoms with E-state index >= 15 is 0 Å². The summed E-state index contributed by atoms with van der Waals surface area (Å²) in [6.07, 6.45) is 4.57. The molecule has 7 nitrogen and oxygen atoms in total. The Balaban J connectivity index is 1.52. The van der Waals surface area contributed by atoms with E-state index < -0.39 is 10.2 Å². The van der Waals surface area contributed by atoms with Crippen LogP contribution < -0.4 is 10.0 Å². The van der Waals surface area contributed by atoms with Crippen LogP contribution in [0.5, 0.6) is 0 Å². The molecule has 170 valence electrons. The zero-order valence-corrected chi connectivity index (χ0v) is 18.8. The fraction of sp³-hybridized carbons (Fsp3) is 0.714. The molecule has 2 aliphatic rings. The SMILES string of the molecule is COC[C@@H]1C[C@H](NS(=O)(=O)N(C)C)[C@H](COC2CCC(c3cccc(F)c3)CC2)N1. The van der Waals surface area contributed by atoms with E-state index in [1.165, 1.54) is 24.5 Å². The molecule has 3 rings (SSSR count). The quantitative estimate of drug-likeness (QED) is 0.610. The van der Waals surface area contributed by atoms with Gasteiger partial charge in [0.25, 0.3) is 10.2 Å². The molecule has 0 radical (unpaired) electrons. The molecule has 1 aromatic rings. The highest BCUT2D eigenvalue weighted by atomic mass is 32.2. The van der Waals surface area contributed by atoms with Crippen molar-refractivity contribution in [3.63, 3.8) is 0 Å². The van der Waals surface area contributed by atoms with Crippen molar-refractivity contribution >= 4 is 10.2 Å². The molecular weight excluding hydrogens is 409 g/mol. The molecule has 0 aromatic heterocycles. The highest BCUT2D eigenvalue weighted by Gasteiger charge is 2.37. The molecule has 0 bridgehead atoms. The van der Waals surface area contributed by atoms with Gasteiger partial charge in [0.05, 0.1) is 19.3 Å². The van der Waals surface area contributed by atoms with E-state index in [0.717, 1.165) is 31.2 Å². The van der Waals surface area contributed by atoms with Crippen molar-refractivity contribution in [2.45, 2.75) is 62.3 Å². The summed E-state index contributed by atoms with van der Waals surface area (Å²) in [6, 6.07) is 6.60. The second-order valence-electron chi connectivity index (χ2n) is 8.53. The van der Waals surface area contributed by atoms with Crippen LogP contribution in [0.2, 0.25) is 0 Å². The predicted molar refractivity (Wildman–Crippen MR) is 114 cm³/mol. The number of methoxy groups -OCH3 is 1. The maximum Gasteiger partial charge on any atom is 0.279 e. The van der Waals surface area contributed by atoms with Crippen molar-refractivity contribution in [3.8, 4) is 0 Å². The Morgan fingerprint density at radius 1 is 1.20 bits per heavy atom. The van der Waals surface area contributed by atoms with Crippen LogP contribution in [0.25, 0.3) is 0 Å². The Kier molecular flexibility index (Phi) is 8.23. The van der Waals surface area contributed by atoms with Crippen LogP contribution in [0.1, 0.15) is 43.6 Å². The van der Waals surface area contributed by atoms with Crippen molar-refractivity contribution in [1.82, 2.24) is 14.3 Å². The molecule has 2 N–H and O–H groups in total. The number of nitrogens with zero attached hydrogens (tertiary/aromatic N) is 1. The first-order chi connectivity index (χ1) is 14.3. The van der Waals surface area contributed by atoms with Crippen molar-refractivity contribution < 1.29 is 22.3 Å². The molecule has 1 saturated heterocycles. The maximum atomic E-state index is 13.5. The van der Waals surface area contributed by atoms with E-state index in [0.29, 0.717) is 25.6 Å². The zero-order valence-electron chi connectivity index (χ0n) is 18.0. The predicted octanol–water partition coefficient (Wildman–Crippen LogP) is 2.01. The van der Waals surface area contributed by atoms with Gasteiger partial charge < -0.3 is 14.8 Å². The summed E-state index contributed by atoms with van der Waals surface area (Å²) in [5.41, 5.74) is 1.06. The smallest absolute Gasteiger partial charge is 0.279 e. The molecule has 9 heteroatoms. The summed E-state index contributed by atoms with van der Waals surface area (Å²) in [4.78, 5) is 0. The van der Waals surface area contributed by atoms with Crippen molar-refractivity contribution in [2.75, 3.05) is 34.4 Å². The van der Waals surface area contributed by atoms with Crippen molar-refractivity contribution in [1.29, 1.82) is 0 Å². The van der Waals surface area contributed by atoms with Gasteiger partial charge in [-0.15, -0.1) is 0 Å². The lowest BCUT2D eigenvalue weighted by atomic mass is 9.83. The second-order valence-corrected chi connectivity index (χ2v) is 10.5. The molecule has 1 saturated carbocycles. The average molecular weight is 444 g/mol. The van der Waals surface area contributed by atoms with Gasteiger partial charge >= 0.3 is 0 Å². The fourth-order valence-electron chi connectivity index (χ4n) is 4.43. The number of ether oxygens (including phenoxy) is 2. The van der Waals surface area contributed by atoms with Crippen LogP contribution >= 0.6 is 0 Å². The number of hydrogen-bond acceptors (Lipinski definition) is 5. The normalized spacial score (nSPS) is 30.1. The fourth-order valence-corrected chi connectivity index (χ4v) is 5.28.